The molecule has 1 fully saturated rings. The van der Waals surface area contributed by atoms with E-state index in [0.29, 0.717) is 11.6 Å². The second-order valence-corrected chi connectivity index (χ2v) is 4.60. The van der Waals surface area contributed by atoms with Crippen molar-refractivity contribution in [3.8, 4) is 0 Å². The SMILES string of the molecule is C=Cc1nc(Nc2ccccc2)nc(C2CC2)c1F.CC. The third-order valence-corrected chi connectivity index (χ3v) is 3.09. The first-order chi connectivity index (χ1) is 10.3. The summed E-state index contributed by atoms with van der Waals surface area (Å²) < 4.78 is 14.1. The molecule has 1 heterocycles. The van der Waals surface area contributed by atoms with Crippen LogP contribution in [-0.2, 0) is 0 Å². The molecule has 1 aromatic carbocycles. The molecular formula is C17H20FN3. The zero-order chi connectivity index (χ0) is 15.2. The Morgan fingerprint density at radius 1 is 1.19 bits per heavy atom. The zero-order valence-electron chi connectivity index (χ0n) is 12.4. The number of aromatic nitrogens is 2. The van der Waals surface area contributed by atoms with Gasteiger partial charge in [-0.25, -0.2) is 14.4 Å². The van der Waals surface area contributed by atoms with Gasteiger partial charge in [-0.1, -0.05) is 38.6 Å². The molecule has 1 N–H and O–H groups in total. The van der Waals surface area contributed by atoms with Gasteiger partial charge in [0.05, 0.1) is 5.69 Å². The summed E-state index contributed by atoms with van der Waals surface area (Å²) in [7, 11) is 0. The Morgan fingerprint density at radius 2 is 1.86 bits per heavy atom. The van der Waals surface area contributed by atoms with Crippen molar-refractivity contribution < 1.29 is 4.39 Å². The summed E-state index contributed by atoms with van der Waals surface area (Å²) in [6.07, 6.45) is 3.42. The number of rotatable bonds is 4. The van der Waals surface area contributed by atoms with Crippen molar-refractivity contribution in [2.45, 2.75) is 32.6 Å². The number of nitrogens with zero attached hydrogens (tertiary/aromatic N) is 2. The van der Waals surface area contributed by atoms with Crippen LogP contribution >= 0.6 is 0 Å². The Kier molecular flexibility index (Phi) is 5.04. The minimum atomic E-state index is -0.337. The van der Waals surface area contributed by atoms with Gasteiger partial charge in [0.2, 0.25) is 5.95 Å². The Balaban J connectivity index is 0.000000774. The van der Waals surface area contributed by atoms with Crippen molar-refractivity contribution in [2.75, 3.05) is 5.32 Å². The van der Waals surface area contributed by atoms with Crippen LogP contribution in [0.1, 0.15) is 44.0 Å². The van der Waals surface area contributed by atoms with Crippen LogP contribution in [0.5, 0.6) is 0 Å². The summed E-state index contributed by atoms with van der Waals surface area (Å²) in [5.74, 6) is 0.318. The van der Waals surface area contributed by atoms with Gasteiger partial charge in [-0.2, -0.15) is 0 Å². The Hall–Kier alpha value is -2.23. The monoisotopic (exact) mass is 285 g/mol. The molecule has 0 atom stereocenters. The fourth-order valence-corrected chi connectivity index (χ4v) is 1.95. The molecule has 0 spiro atoms. The van der Waals surface area contributed by atoms with Gasteiger partial charge in [0, 0.05) is 11.6 Å². The van der Waals surface area contributed by atoms with E-state index in [9.17, 15) is 4.39 Å². The maximum atomic E-state index is 14.1. The van der Waals surface area contributed by atoms with Gasteiger partial charge in [0.25, 0.3) is 0 Å². The van der Waals surface area contributed by atoms with Gasteiger partial charge in [-0.3, -0.25) is 0 Å². The summed E-state index contributed by atoms with van der Waals surface area (Å²) >= 11 is 0. The number of nitrogens with one attached hydrogen (secondary N) is 1. The lowest BCUT2D eigenvalue weighted by atomic mass is 10.2. The number of anilines is 2. The highest BCUT2D eigenvalue weighted by molar-refractivity contribution is 5.55. The molecular weight excluding hydrogens is 265 g/mol. The lowest BCUT2D eigenvalue weighted by Gasteiger charge is -2.09. The maximum Gasteiger partial charge on any atom is 0.228 e. The molecule has 1 aliphatic rings. The maximum absolute atomic E-state index is 14.1. The number of para-hydroxylation sites is 1. The topological polar surface area (TPSA) is 37.8 Å². The normalized spacial score (nSPS) is 13.1. The van der Waals surface area contributed by atoms with E-state index in [2.05, 4.69) is 21.9 Å². The van der Waals surface area contributed by atoms with Crippen LogP contribution in [0.3, 0.4) is 0 Å². The van der Waals surface area contributed by atoms with Gasteiger partial charge in [-0.05, 0) is 31.1 Å². The molecule has 2 aromatic rings. The highest BCUT2D eigenvalue weighted by Crippen LogP contribution is 2.41. The van der Waals surface area contributed by atoms with E-state index in [1.807, 2.05) is 44.2 Å². The van der Waals surface area contributed by atoms with Crippen LogP contribution in [0.2, 0.25) is 0 Å². The minimum Gasteiger partial charge on any atom is -0.324 e. The van der Waals surface area contributed by atoms with E-state index in [4.69, 9.17) is 0 Å². The van der Waals surface area contributed by atoms with Crippen molar-refractivity contribution in [1.29, 1.82) is 0 Å². The number of hydrogen-bond acceptors (Lipinski definition) is 3. The zero-order valence-corrected chi connectivity index (χ0v) is 12.4. The molecule has 110 valence electrons. The predicted octanol–water partition coefficient (Wildman–Crippen LogP) is 4.91. The lowest BCUT2D eigenvalue weighted by Crippen LogP contribution is -2.05. The lowest BCUT2D eigenvalue weighted by molar-refractivity contribution is 0.589. The summed E-state index contributed by atoms with van der Waals surface area (Å²) in [4.78, 5) is 8.43. The van der Waals surface area contributed by atoms with E-state index < -0.39 is 0 Å². The van der Waals surface area contributed by atoms with Crippen molar-refractivity contribution in [3.63, 3.8) is 0 Å². The first kappa shape index (κ1) is 15.2. The van der Waals surface area contributed by atoms with Crippen LogP contribution in [0.25, 0.3) is 6.08 Å². The molecule has 0 amide bonds. The average molecular weight is 285 g/mol. The van der Waals surface area contributed by atoms with Crippen LogP contribution < -0.4 is 5.32 Å². The van der Waals surface area contributed by atoms with E-state index in [1.165, 1.54) is 6.08 Å². The van der Waals surface area contributed by atoms with Crippen LogP contribution in [0, 0.1) is 5.82 Å². The summed E-state index contributed by atoms with van der Waals surface area (Å²) in [5, 5.41) is 3.09. The molecule has 1 aromatic heterocycles. The van der Waals surface area contributed by atoms with E-state index in [1.54, 1.807) is 0 Å². The molecule has 0 radical (unpaired) electrons. The van der Waals surface area contributed by atoms with E-state index >= 15 is 0 Å². The van der Waals surface area contributed by atoms with Crippen LogP contribution in [-0.4, -0.2) is 9.97 Å². The van der Waals surface area contributed by atoms with Gasteiger partial charge in [-0.15, -0.1) is 0 Å². The summed E-state index contributed by atoms with van der Waals surface area (Å²) in [6, 6.07) is 9.60. The van der Waals surface area contributed by atoms with Gasteiger partial charge in [0.1, 0.15) is 5.69 Å². The highest BCUT2D eigenvalue weighted by Gasteiger charge is 2.30. The quantitative estimate of drug-likeness (QED) is 0.867. The molecule has 21 heavy (non-hydrogen) atoms. The van der Waals surface area contributed by atoms with Crippen molar-refractivity contribution >= 4 is 17.7 Å². The molecule has 0 aliphatic heterocycles. The van der Waals surface area contributed by atoms with Gasteiger partial charge < -0.3 is 5.32 Å². The minimum absolute atomic E-state index is 0.234. The molecule has 0 unspecified atom stereocenters. The molecule has 3 nitrogen and oxygen atoms in total. The average Bonchev–Trinajstić information content (AvgIpc) is 3.36. The van der Waals surface area contributed by atoms with Crippen LogP contribution in [0.4, 0.5) is 16.0 Å². The summed E-state index contributed by atoms with van der Waals surface area (Å²) in [5.41, 5.74) is 1.64. The molecule has 3 rings (SSSR count). The Bertz CT molecular complexity index is 607. The predicted molar refractivity (Wildman–Crippen MR) is 85.1 cm³/mol. The second-order valence-electron chi connectivity index (χ2n) is 4.60. The number of hydrogen-bond donors (Lipinski definition) is 1. The molecule has 1 aliphatic carbocycles. The molecule has 4 heteroatoms. The standard InChI is InChI=1S/C15H14FN3.C2H6/c1-2-12-13(16)14(10-8-9-10)19-15(18-12)17-11-6-4-3-5-7-11;1-2/h2-7,10H,1,8-9H2,(H,17,18,19);1-2H3. The first-order valence-corrected chi connectivity index (χ1v) is 7.30. The fraction of sp³-hybridized carbons (Fsp3) is 0.294. The fourth-order valence-electron chi connectivity index (χ4n) is 1.95. The highest BCUT2D eigenvalue weighted by atomic mass is 19.1. The molecule has 0 bridgehead atoms. The smallest absolute Gasteiger partial charge is 0.228 e. The van der Waals surface area contributed by atoms with Crippen molar-refractivity contribution in [3.05, 3.63) is 54.1 Å². The van der Waals surface area contributed by atoms with E-state index in [0.717, 1.165) is 18.5 Å². The van der Waals surface area contributed by atoms with Crippen molar-refractivity contribution in [1.82, 2.24) is 9.97 Å². The van der Waals surface area contributed by atoms with Gasteiger partial charge >= 0.3 is 0 Å². The van der Waals surface area contributed by atoms with Gasteiger partial charge in [0.15, 0.2) is 5.82 Å². The Labute approximate surface area is 125 Å². The second kappa shape index (κ2) is 6.97. The first-order valence-electron chi connectivity index (χ1n) is 7.30. The largest absolute Gasteiger partial charge is 0.324 e. The molecule has 0 saturated heterocycles. The third kappa shape index (κ3) is 3.66. The third-order valence-electron chi connectivity index (χ3n) is 3.09. The van der Waals surface area contributed by atoms with Crippen molar-refractivity contribution in [2.24, 2.45) is 0 Å². The van der Waals surface area contributed by atoms with Crippen LogP contribution in [0.15, 0.2) is 36.9 Å². The van der Waals surface area contributed by atoms with E-state index in [-0.39, 0.29) is 17.4 Å². The number of halogens is 1. The number of benzene rings is 1. The summed E-state index contributed by atoms with van der Waals surface area (Å²) in [6.45, 7) is 7.60. The molecule has 1 saturated carbocycles. The Morgan fingerprint density at radius 3 is 2.43 bits per heavy atom.